The quantitative estimate of drug-likeness (QED) is 0.748. The first-order valence-electron chi connectivity index (χ1n) is 7.26. The molecule has 0 aromatic rings. The second-order valence-electron chi connectivity index (χ2n) is 5.68. The van der Waals surface area contributed by atoms with Crippen molar-refractivity contribution in [2.24, 2.45) is 0 Å². The molecule has 2 aliphatic rings. The lowest BCUT2D eigenvalue weighted by atomic mass is 9.97. The predicted octanol–water partition coefficient (Wildman–Crippen LogP) is 0.781. The number of ether oxygens (including phenoxy) is 2. The zero-order valence-electron chi connectivity index (χ0n) is 12.3. The van der Waals surface area contributed by atoms with Crippen LogP contribution in [-0.2, 0) is 14.3 Å². The van der Waals surface area contributed by atoms with Gasteiger partial charge < -0.3 is 14.8 Å². The molecule has 19 heavy (non-hydrogen) atoms. The molecule has 3 atom stereocenters. The van der Waals surface area contributed by atoms with Crippen molar-refractivity contribution >= 4 is 5.97 Å². The number of nitrogens with one attached hydrogen (secondary N) is 1. The van der Waals surface area contributed by atoms with Crippen LogP contribution < -0.4 is 5.32 Å². The van der Waals surface area contributed by atoms with Crippen LogP contribution in [0, 0.1) is 0 Å². The number of esters is 1. The normalized spacial score (nSPS) is 34.9. The molecule has 0 amide bonds. The third-order valence-electron chi connectivity index (χ3n) is 4.64. The highest BCUT2D eigenvalue weighted by molar-refractivity contribution is 5.81. The fraction of sp³-hybridized carbons (Fsp3) is 0.929. The van der Waals surface area contributed by atoms with Gasteiger partial charge in [-0.25, -0.2) is 0 Å². The summed E-state index contributed by atoms with van der Waals surface area (Å²) in [5.41, 5.74) is -0.484. The van der Waals surface area contributed by atoms with E-state index in [4.69, 9.17) is 9.47 Å². The lowest BCUT2D eigenvalue weighted by molar-refractivity contribution is -0.148. The van der Waals surface area contributed by atoms with Crippen molar-refractivity contribution in [2.75, 3.05) is 33.9 Å². The zero-order chi connectivity index (χ0) is 13.9. The van der Waals surface area contributed by atoms with E-state index in [1.165, 1.54) is 7.11 Å². The van der Waals surface area contributed by atoms with E-state index in [2.05, 4.69) is 17.3 Å². The maximum absolute atomic E-state index is 12.1. The molecule has 110 valence electrons. The number of carbonyl (C=O) groups is 1. The largest absolute Gasteiger partial charge is 0.468 e. The molecule has 1 aliphatic carbocycles. The van der Waals surface area contributed by atoms with Crippen molar-refractivity contribution in [1.82, 2.24) is 10.2 Å². The third kappa shape index (κ3) is 2.93. The van der Waals surface area contributed by atoms with Crippen molar-refractivity contribution in [3.05, 3.63) is 0 Å². The van der Waals surface area contributed by atoms with E-state index in [1.54, 1.807) is 0 Å². The van der Waals surface area contributed by atoms with Gasteiger partial charge in [0.1, 0.15) is 5.54 Å². The van der Waals surface area contributed by atoms with E-state index < -0.39 is 5.54 Å². The summed E-state index contributed by atoms with van der Waals surface area (Å²) in [6.07, 6.45) is 3.82. The SMILES string of the molecule is CCNC1(C(=O)OC)CCC(N(C)C2CCOC2)C1. The van der Waals surface area contributed by atoms with Gasteiger partial charge in [-0.2, -0.15) is 0 Å². The van der Waals surface area contributed by atoms with E-state index in [1.807, 2.05) is 6.92 Å². The first kappa shape index (κ1) is 14.8. The second kappa shape index (κ2) is 6.20. The summed E-state index contributed by atoms with van der Waals surface area (Å²) < 4.78 is 10.5. The fourth-order valence-corrected chi connectivity index (χ4v) is 3.46. The third-order valence-corrected chi connectivity index (χ3v) is 4.64. The molecule has 0 bridgehead atoms. The average Bonchev–Trinajstić information content (AvgIpc) is 3.07. The van der Waals surface area contributed by atoms with E-state index in [-0.39, 0.29) is 5.97 Å². The van der Waals surface area contributed by atoms with Crippen LogP contribution in [0.5, 0.6) is 0 Å². The first-order valence-corrected chi connectivity index (χ1v) is 7.26. The molecule has 1 saturated heterocycles. The Morgan fingerprint density at radius 2 is 2.26 bits per heavy atom. The fourth-order valence-electron chi connectivity index (χ4n) is 3.46. The highest BCUT2D eigenvalue weighted by Gasteiger charge is 2.47. The molecular formula is C14H26N2O3. The van der Waals surface area contributed by atoms with Gasteiger partial charge in [0.25, 0.3) is 0 Å². The molecule has 2 rings (SSSR count). The van der Waals surface area contributed by atoms with Crippen LogP contribution >= 0.6 is 0 Å². The number of hydrogen-bond donors (Lipinski definition) is 1. The molecule has 0 aromatic heterocycles. The summed E-state index contributed by atoms with van der Waals surface area (Å²) in [4.78, 5) is 14.5. The highest BCUT2D eigenvalue weighted by atomic mass is 16.5. The summed E-state index contributed by atoms with van der Waals surface area (Å²) in [5.74, 6) is -0.118. The van der Waals surface area contributed by atoms with Gasteiger partial charge in [0.2, 0.25) is 0 Å². The second-order valence-corrected chi connectivity index (χ2v) is 5.68. The van der Waals surface area contributed by atoms with Gasteiger partial charge in [0.15, 0.2) is 0 Å². The Bertz CT molecular complexity index is 318. The number of nitrogens with zero attached hydrogens (tertiary/aromatic N) is 1. The smallest absolute Gasteiger partial charge is 0.326 e. The summed E-state index contributed by atoms with van der Waals surface area (Å²) in [6, 6.07) is 0.935. The van der Waals surface area contributed by atoms with Crippen LogP contribution in [0.1, 0.15) is 32.6 Å². The van der Waals surface area contributed by atoms with E-state index >= 15 is 0 Å². The van der Waals surface area contributed by atoms with Crippen LogP contribution in [0.4, 0.5) is 0 Å². The van der Waals surface area contributed by atoms with Gasteiger partial charge in [0, 0.05) is 18.7 Å². The maximum Gasteiger partial charge on any atom is 0.326 e. The predicted molar refractivity (Wildman–Crippen MR) is 73.0 cm³/mol. The molecule has 1 N–H and O–H groups in total. The minimum Gasteiger partial charge on any atom is -0.468 e. The summed E-state index contributed by atoms with van der Waals surface area (Å²) >= 11 is 0. The van der Waals surface area contributed by atoms with Crippen LogP contribution in [0.25, 0.3) is 0 Å². The molecular weight excluding hydrogens is 244 g/mol. The molecule has 0 radical (unpaired) electrons. The summed E-state index contributed by atoms with van der Waals surface area (Å²) in [7, 11) is 3.63. The minimum absolute atomic E-state index is 0.118. The van der Waals surface area contributed by atoms with Gasteiger partial charge in [0.05, 0.1) is 13.7 Å². The van der Waals surface area contributed by atoms with E-state index in [0.717, 1.165) is 45.4 Å². The Kier molecular flexibility index (Phi) is 4.81. The Morgan fingerprint density at radius 1 is 1.47 bits per heavy atom. The van der Waals surface area contributed by atoms with Crippen molar-refractivity contribution in [1.29, 1.82) is 0 Å². The molecule has 1 heterocycles. The van der Waals surface area contributed by atoms with E-state index in [0.29, 0.717) is 12.1 Å². The molecule has 5 nitrogen and oxygen atoms in total. The number of rotatable bonds is 5. The molecule has 0 spiro atoms. The Balaban J connectivity index is 2.01. The Labute approximate surface area is 115 Å². The molecule has 1 saturated carbocycles. The molecule has 3 unspecified atom stereocenters. The molecule has 2 fully saturated rings. The molecule has 0 aromatic carbocycles. The van der Waals surface area contributed by atoms with Crippen LogP contribution in [0.3, 0.4) is 0 Å². The molecule has 1 aliphatic heterocycles. The summed E-state index contributed by atoms with van der Waals surface area (Å²) in [6.45, 7) is 4.50. The van der Waals surface area contributed by atoms with Crippen molar-refractivity contribution in [2.45, 2.75) is 50.2 Å². The minimum atomic E-state index is -0.484. The van der Waals surface area contributed by atoms with Gasteiger partial charge in [-0.05, 0) is 39.3 Å². The van der Waals surface area contributed by atoms with E-state index in [9.17, 15) is 4.79 Å². The maximum atomic E-state index is 12.1. The van der Waals surface area contributed by atoms with Crippen LogP contribution in [0.2, 0.25) is 0 Å². The number of carbonyl (C=O) groups excluding carboxylic acids is 1. The van der Waals surface area contributed by atoms with Gasteiger partial charge in [-0.1, -0.05) is 6.92 Å². The standard InChI is InChI=1S/C14H26N2O3/c1-4-15-14(13(17)18-3)7-5-11(9-14)16(2)12-6-8-19-10-12/h11-12,15H,4-10H2,1-3H3. The van der Waals surface area contributed by atoms with Crippen LogP contribution in [0.15, 0.2) is 0 Å². The van der Waals surface area contributed by atoms with Crippen molar-refractivity contribution in [3.63, 3.8) is 0 Å². The topological polar surface area (TPSA) is 50.8 Å². The van der Waals surface area contributed by atoms with Crippen LogP contribution in [-0.4, -0.2) is 62.4 Å². The first-order chi connectivity index (χ1) is 9.13. The van der Waals surface area contributed by atoms with Crippen molar-refractivity contribution in [3.8, 4) is 0 Å². The molecule has 5 heteroatoms. The monoisotopic (exact) mass is 270 g/mol. The number of methoxy groups -OCH3 is 1. The average molecular weight is 270 g/mol. The number of likely N-dealkylation sites (N-methyl/N-ethyl adjacent to an activating group) is 2. The van der Waals surface area contributed by atoms with Gasteiger partial charge in [-0.3, -0.25) is 9.69 Å². The zero-order valence-corrected chi connectivity index (χ0v) is 12.3. The lowest BCUT2D eigenvalue weighted by Gasteiger charge is -2.32. The van der Waals surface area contributed by atoms with Gasteiger partial charge in [-0.15, -0.1) is 0 Å². The number of hydrogen-bond acceptors (Lipinski definition) is 5. The van der Waals surface area contributed by atoms with Crippen molar-refractivity contribution < 1.29 is 14.3 Å². The lowest BCUT2D eigenvalue weighted by Crippen LogP contribution is -2.52. The highest BCUT2D eigenvalue weighted by Crippen LogP contribution is 2.35. The Hall–Kier alpha value is -0.650. The van der Waals surface area contributed by atoms with Gasteiger partial charge >= 0.3 is 5.97 Å². The summed E-state index contributed by atoms with van der Waals surface area (Å²) in [5, 5.41) is 3.35. The Morgan fingerprint density at radius 3 is 2.84 bits per heavy atom.